The van der Waals surface area contributed by atoms with Gasteiger partial charge in [0, 0.05) is 12.6 Å². The van der Waals surface area contributed by atoms with Gasteiger partial charge >= 0.3 is 0 Å². The maximum Gasteiger partial charge on any atom is 0.266 e. The molecule has 0 unspecified atom stereocenters. The monoisotopic (exact) mass is 269 g/mol. The van der Waals surface area contributed by atoms with Crippen molar-refractivity contribution in [3.05, 3.63) is 16.3 Å². The van der Waals surface area contributed by atoms with Gasteiger partial charge in [0.15, 0.2) is 0 Å². The zero-order valence-corrected chi connectivity index (χ0v) is 11.7. The molecule has 5 nitrogen and oxygen atoms in total. The van der Waals surface area contributed by atoms with Crippen LogP contribution in [0.3, 0.4) is 0 Å². The first kappa shape index (κ1) is 14.5. The van der Waals surface area contributed by atoms with Crippen LogP contribution in [-0.4, -0.2) is 35.8 Å². The number of nitrogens with one attached hydrogen (secondary N) is 1. The molecule has 1 aromatic rings. The lowest BCUT2D eigenvalue weighted by Gasteiger charge is -2.20. The van der Waals surface area contributed by atoms with Gasteiger partial charge < -0.3 is 16.0 Å². The van der Waals surface area contributed by atoms with Crippen molar-refractivity contribution in [2.45, 2.75) is 26.8 Å². The molecule has 100 valence electrons. The van der Waals surface area contributed by atoms with Crippen LogP contribution in [0.25, 0.3) is 0 Å². The highest BCUT2D eigenvalue weighted by atomic mass is 32.1. The van der Waals surface area contributed by atoms with Gasteiger partial charge in [0.1, 0.15) is 4.88 Å². The molecule has 3 N–H and O–H groups in total. The summed E-state index contributed by atoms with van der Waals surface area (Å²) in [6.07, 6.45) is 0. The van der Waals surface area contributed by atoms with Crippen molar-refractivity contribution in [3.63, 3.8) is 0 Å². The molecule has 0 aliphatic rings. The number of hydrogen-bond acceptors (Lipinski definition) is 4. The number of likely N-dealkylation sites (N-methyl/N-ethyl adjacent to an activating group) is 1. The van der Waals surface area contributed by atoms with Crippen LogP contribution in [0.5, 0.6) is 0 Å². The van der Waals surface area contributed by atoms with E-state index in [4.69, 9.17) is 5.73 Å². The standard InChI is InChI=1S/C12H19N3O2S/c1-4-15(7-10(16)14-8(2)3)12(17)11-9(13)5-6-18-11/h5-6,8H,4,7,13H2,1-3H3,(H,14,16). The van der Waals surface area contributed by atoms with E-state index < -0.39 is 0 Å². The van der Waals surface area contributed by atoms with Gasteiger partial charge in [-0.15, -0.1) is 11.3 Å². The molecule has 0 atom stereocenters. The van der Waals surface area contributed by atoms with Crippen LogP contribution in [0, 0.1) is 0 Å². The SMILES string of the molecule is CCN(CC(=O)NC(C)C)C(=O)c1sccc1N. The summed E-state index contributed by atoms with van der Waals surface area (Å²) in [5.74, 6) is -0.348. The summed E-state index contributed by atoms with van der Waals surface area (Å²) < 4.78 is 0. The summed E-state index contributed by atoms with van der Waals surface area (Å²) in [6.45, 7) is 6.14. The highest BCUT2D eigenvalue weighted by molar-refractivity contribution is 7.12. The van der Waals surface area contributed by atoms with Gasteiger partial charge in [-0.2, -0.15) is 0 Å². The second kappa shape index (κ2) is 6.39. The van der Waals surface area contributed by atoms with Gasteiger partial charge in [0.2, 0.25) is 5.91 Å². The number of hydrogen-bond donors (Lipinski definition) is 2. The van der Waals surface area contributed by atoms with E-state index in [1.807, 2.05) is 20.8 Å². The predicted molar refractivity (Wildman–Crippen MR) is 73.6 cm³/mol. The molecule has 0 fully saturated rings. The van der Waals surface area contributed by atoms with Crippen molar-refractivity contribution >= 4 is 28.8 Å². The van der Waals surface area contributed by atoms with Crippen molar-refractivity contribution < 1.29 is 9.59 Å². The van der Waals surface area contributed by atoms with Gasteiger partial charge in [0.05, 0.1) is 12.2 Å². The van der Waals surface area contributed by atoms with Crippen molar-refractivity contribution in [3.8, 4) is 0 Å². The fourth-order valence-corrected chi connectivity index (χ4v) is 2.29. The van der Waals surface area contributed by atoms with E-state index in [1.165, 1.54) is 16.2 Å². The van der Waals surface area contributed by atoms with Crippen LogP contribution in [0.15, 0.2) is 11.4 Å². The van der Waals surface area contributed by atoms with Gasteiger partial charge in [0.25, 0.3) is 5.91 Å². The van der Waals surface area contributed by atoms with Crippen LogP contribution in [-0.2, 0) is 4.79 Å². The van der Waals surface area contributed by atoms with Gasteiger partial charge in [-0.1, -0.05) is 0 Å². The molecule has 2 amide bonds. The van der Waals surface area contributed by atoms with E-state index in [0.717, 1.165) is 0 Å². The molecule has 0 aromatic carbocycles. The average molecular weight is 269 g/mol. The van der Waals surface area contributed by atoms with Crippen LogP contribution in [0.2, 0.25) is 0 Å². The Morgan fingerprint density at radius 3 is 2.61 bits per heavy atom. The fourth-order valence-electron chi connectivity index (χ4n) is 1.50. The van der Waals surface area contributed by atoms with E-state index in [0.29, 0.717) is 17.1 Å². The Balaban J connectivity index is 2.70. The first-order chi connectivity index (χ1) is 8.45. The number of nitrogens with zero attached hydrogens (tertiary/aromatic N) is 1. The molecular formula is C12H19N3O2S. The number of nitrogens with two attached hydrogens (primary N) is 1. The van der Waals surface area contributed by atoms with Gasteiger partial charge in [-0.3, -0.25) is 9.59 Å². The van der Waals surface area contributed by atoms with E-state index >= 15 is 0 Å². The van der Waals surface area contributed by atoms with Gasteiger partial charge in [-0.25, -0.2) is 0 Å². The summed E-state index contributed by atoms with van der Waals surface area (Å²) in [5, 5.41) is 4.53. The Kier molecular flexibility index (Phi) is 5.15. The summed E-state index contributed by atoms with van der Waals surface area (Å²) in [4.78, 5) is 25.8. The molecule has 0 aliphatic heterocycles. The topological polar surface area (TPSA) is 75.4 Å². The lowest BCUT2D eigenvalue weighted by atomic mass is 10.3. The summed E-state index contributed by atoms with van der Waals surface area (Å²) in [6, 6.07) is 1.76. The van der Waals surface area contributed by atoms with Crippen molar-refractivity contribution in [1.29, 1.82) is 0 Å². The second-order valence-electron chi connectivity index (χ2n) is 4.25. The smallest absolute Gasteiger partial charge is 0.266 e. The summed E-state index contributed by atoms with van der Waals surface area (Å²) in [7, 11) is 0. The number of thiophene rings is 1. The highest BCUT2D eigenvalue weighted by Gasteiger charge is 2.20. The van der Waals surface area contributed by atoms with E-state index in [2.05, 4.69) is 5.32 Å². The molecule has 0 spiro atoms. The Morgan fingerprint density at radius 1 is 1.50 bits per heavy atom. The maximum atomic E-state index is 12.2. The number of carbonyl (C=O) groups is 2. The molecule has 18 heavy (non-hydrogen) atoms. The first-order valence-electron chi connectivity index (χ1n) is 5.87. The number of rotatable bonds is 5. The zero-order chi connectivity index (χ0) is 13.7. The number of carbonyl (C=O) groups excluding carboxylic acids is 2. The predicted octanol–water partition coefficient (Wildman–Crippen LogP) is 1.32. The normalized spacial score (nSPS) is 10.4. The molecule has 6 heteroatoms. The number of nitrogen functional groups attached to an aromatic ring is 1. The molecule has 1 aromatic heterocycles. The van der Waals surface area contributed by atoms with Crippen LogP contribution >= 0.6 is 11.3 Å². The number of amides is 2. The molecule has 1 rings (SSSR count). The molecule has 0 bridgehead atoms. The minimum atomic E-state index is -0.191. The average Bonchev–Trinajstić information content (AvgIpc) is 2.70. The molecular weight excluding hydrogens is 250 g/mol. The quantitative estimate of drug-likeness (QED) is 0.846. The molecule has 0 radical (unpaired) electrons. The fraction of sp³-hybridized carbons (Fsp3) is 0.500. The minimum Gasteiger partial charge on any atom is -0.397 e. The molecule has 1 heterocycles. The second-order valence-corrected chi connectivity index (χ2v) is 5.16. The highest BCUT2D eigenvalue weighted by Crippen LogP contribution is 2.20. The summed E-state index contributed by atoms with van der Waals surface area (Å²) in [5.41, 5.74) is 6.17. The van der Waals surface area contributed by atoms with Crippen molar-refractivity contribution in [1.82, 2.24) is 10.2 Å². The van der Waals surface area contributed by atoms with E-state index in [1.54, 1.807) is 11.4 Å². The molecule has 0 saturated heterocycles. The Labute approximate surface area is 111 Å². The zero-order valence-electron chi connectivity index (χ0n) is 10.9. The van der Waals surface area contributed by atoms with E-state index in [-0.39, 0.29) is 24.4 Å². The van der Waals surface area contributed by atoms with Gasteiger partial charge in [-0.05, 0) is 32.2 Å². The van der Waals surface area contributed by atoms with Crippen LogP contribution in [0.4, 0.5) is 5.69 Å². The Morgan fingerprint density at radius 2 is 2.17 bits per heavy atom. The van der Waals surface area contributed by atoms with Crippen molar-refractivity contribution in [2.75, 3.05) is 18.8 Å². The molecule has 0 aliphatic carbocycles. The summed E-state index contributed by atoms with van der Waals surface area (Å²) >= 11 is 1.29. The largest absolute Gasteiger partial charge is 0.397 e. The van der Waals surface area contributed by atoms with Crippen molar-refractivity contribution in [2.24, 2.45) is 0 Å². The minimum absolute atomic E-state index is 0.0604. The Hall–Kier alpha value is -1.56. The lowest BCUT2D eigenvalue weighted by Crippen LogP contribution is -2.42. The lowest BCUT2D eigenvalue weighted by molar-refractivity contribution is -0.122. The molecule has 0 saturated carbocycles. The Bertz CT molecular complexity index is 429. The number of anilines is 1. The first-order valence-corrected chi connectivity index (χ1v) is 6.75. The third-order valence-corrected chi connectivity index (χ3v) is 3.26. The third kappa shape index (κ3) is 3.73. The van der Waals surface area contributed by atoms with Crippen LogP contribution in [0.1, 0.15) is 30.4 Å². The maximum absolute atomic E-state index is 12.2. The van der Waals surface area contributed by atoms with E-state index in [9.17, 15) is 9.59 Å². The third-order valence-electron chi connectivity index (χ3n) is 2.34. The van der Waals surface area contributed by atoms with Crippen LogP contribution < -0.4 is 11.1 Å².